The molecular weight excluding hydrogens is 461 g/mol. The van der Waals surface area contributed by atoms with Gasteiger partial charge in [-0.25, -0.2) is 4.68 Å². The maximum absolute atomic E-state index is 12.5. The van der Waals surface area contributed by atoms with Crippen LogP contribution in [0.25, 0.3) is 0 Å². The molecule has 10 heteroatoms. The third kappa shape index (κ3) is 5.58. The predicted molar refractivity (Wildman–Crippen MR) is 120 cm³/mol. The number of halogens is 3. The van der Waals surface area contributed by atoms with Gasteiger partial charge in [0.15, 0.2) is 12.4 Å². The zero-order chi connectivity index (χ0) is 21.8. The van der Waals surface area contributed by atoms with Crippen LogP contribution in [-0.4, -0.2) is 25.5 Å². The molecule has 1 amide bonds. The van der Waals surface area contributed by atoms with Gasteiger partial charge < -0.3 is 10.1 Å². The summed E-state index contributed by atoms with van der Waals surface area (Å²) in [5.74, 6) is 0.305. The molecule has 1 N–H and O–H groups in total. The van der Waals surface area contributed by atoms with E-state index < -0.39 is 0 Å². The monoisotopic (exact) mass is 475 g/mol. The Morgan fingerprint density at radius 1 is 1.00 bits per heavy atom. The van der Waals surface area contributed by atoms with E-state index in [1.54, 1.807) is 65.7 Å². The van der Waals surface area contributed by atoms with E-state index in [-0.39, 0.29) is 18.3 Å². The molecule has 0 bridgehead atoms. The first-order valence-corrected chi connectivity index (χ1v) is 10.3. The second-order valence-electron chi connectivity index (χ2n) is 6.60. The Kier molecular flexibility index (Phi) is 6.46. The number of rotatable bonds is 7. The Morgan fingerprint density at radius 3 is 2.58 bits per heavy atom. The van der Waals surface area contributed by atoms with Crippen LogP contribution in [0.3, 0.4) is 0 Å². The molecule has 0 radical (unpaired) electrons. The number of amides is 1. The van der Waals surface area contributed by atoms with Gasteiger partial charge in [-0.15, -0.1) is 0 Å². The highest BCUT2D eigenvalue weighted by Gasteiger charge is 2.12. The Labute approximate surface area is 193 Å². The molecule has 0 atom stereocenters. The smallest absolute Gasteiger partial charge is 0.276 e. The number of nitrogens with zero attached hydrogens (tertiary/aromatic N) is 4. The maximum atomic E-state index is 12.5. The molecule has 2 aromatic heterocycles. The van der Waals surface area contributed by atoms with Crippen molar-refractivity contribution in [2.45, 2.75) is 13.3 Å². The highest BCUT2D eigenvalue weighted by Crippen LogP contribution is 2.23. The summed E-state index contributed by atoms with van der Waals surface area (Å²) in [4.78, 5) is 12.5. The Morgan fingerprint density at radius 2 is 1.81 bits per heavy atom. The summed E-state index contributed by atoms with van der Waals surface area (Å²) in [6.45, 7) is 0.653. The van der Waals surface area contributed by atoms with Crippen molar-refractivity contribution in [2.75, 3.05) is 5.32 Å². The molecule has 0 spiro atoms. The minimum atomic E-state index is -0.348. The molecule has 0 saturated heterocycles. The number of hydrogen-bond donors (Lipinski definition) is 1. The minimum Gasteiger partial charge on any atom is -0.471 e. The molecule has 158 valence electrons. The van der Waals surface area contributed by atoms with Crippen molar-refractivity contribution < 1.29 is 9.53 Å². The SMILES string of the molecule is O=C(Nc1cnn(Cc2ccc(Cl)c(Cl)c2)c1)c1ccn(COc2ccc(Cl)cc2)n1. The van der Waals surface area contributed by atoms with E-state index in [0.717, 1.165) is 5.56 Å². The lowest BCUT2D eigenvalue weighted by atomic mass is 10.2. The fourth-order valence-electron chi connectivity index (χ4n) is 2.76. The van der Waals surface area contributed by atoms with Crippen molar-refractivity contribution in [1.29, 1.82) is 0 Å². The molecule has 0 aliphatic heterocycles. The van der Waals surface area contributed by atoms with Crippen LogP contribution in [-0.2, 0) is 13.3 Å². The van der Waals surface area contributed by atoms with Crippen molar-refractivity contribution in [3.05, 3.63) is 93.4 Å². The molecule has 0 unspecified atom stereocenters. The topological polar surface area (TPSA) is 74.0 Å². The standard InChI is InChI=1S/C21H16Cl3N5O2/c22-15-2-4-17(5-3-15)31-13-28-8-7-20(27-28)21(30)26-16-10-25-29(12-16)11-14-1-6-18(23)19(24)9-14/h1-10,12H,11,13H2,(H,26,30). The number of ether oxygens (including phenoxy) is 1. The minimum absolute atomic E-state index is 0.163. The number of aromatic nitrogens is 4. The van der Waals surface area contributed by atoms with Crippen LogP contribution in [0.4, 0.5) is 5.69 Å². The third-order valence-electron chi connectivity index (χ3n) is 4.27. The van der Waals surface area contributed by atoms with Crippen molar-refractivity contribution in [2.24, 2.45) is 0 Å². The van der Waals surface area contributed by atoms with E-state index in [2.05, 4.69) is 15.5 Å². The van der Waals surface area contributed by atoms with E-state index >= 15 is 0 Å². The number of nitrogens with one attached hydrogen (secondary N) is 1. The van der Waals surface area contributed by atoms with Crippen LogP contribution in [0.1, 0.15) is 16.1 Å². The Balaban J connectivity index is 1.33. The fourth-order valence-corrected chi connectivity index (χ4v) is 3.21. The molecule has 4 rings (SSSR count). The van der Waals surface area contributed by atoms with E-state index in [1.165, 1.54) is 4.68 Å². The van der Waals surface area contributed by atoms with Crippen molar-refractivity contribution in [3.8, 4) is 5.75 Å². The van der Waals surface area contributed by atoms with Crippen LogP contribution in [0, 0.1) is 0 Å². The average molecular weight is 477 g/mol. The number of carbonyl (C=O) groups is 1. The normalized spacial score (nSPS) is 10.8. The lowest BCUT2D eigenvalue weighted by Gasteiger charge is -2.06. The first-order valence-electron chi connectivity index (χ1n) is 9.16. The van der Waals surface area contributed by atoms with Gasteiger partial charge in [0.1, 0.15) is 5.75 Å². The van der Waals surface area contributed by atoms with Crippen LogP contribution >= 0.6 is 34.8 Å². The van der Waals surface area contributed by atoms with Gasteiger partial charge in [0.2, 0.25) is 0 Å². The molecule has 0 aliphatic rings. The number of anilines is 1. The molecule has 0 aliphatic carbocycles. The van der Waals surface area contributed by atoms with E-state index in [0.29, 0.717) is 33.0 Å². The van der Waals surface area contributed by atoms with Crippen molar-refractivity contribution in [1.82, 2.24) is 19.6 Å². The summed E-state index contributed by atoms with van der Waals surface area (Å²) < 4.78 is 8.83. The Bertz CT molecular complexity index is 1200. The van der Waals surface area contributed by atoms with Crippen LogP contribution < -0.4 is 10.1 Å². The largest absolute Gasteiger partial charge is 0.471 e. The zero-order valence-electron chi connectivity index (χ0n) is 16.0. The number of benzene rings is 2. The van der Waals surface area contributed by atoms with Gasteiger partial charge in [-0.05, 0) is 48.0 Å². The van der Waals surface area contributed by atoms with E-state index in [9.17, 15) is 4.79 Å². The van der Waals surface area contributed by atoms with E-state index in [4.69, 9.17) is 39.5 Å². The molecule has 0 saturated carbocycles. The van der Waals surface area contributed by atoms with Crippen molar-refractivity contribution in [3.63, 3.8) is 0 Å². The molecule has 31 heavy (non-hydrogen) atoms. The van der Waals surface area contributed by atoms with Crippen molar-refractivity contribution >= 4 is 46.4 Å². The lowest BCUT2D eigenvalue weighted by Crippen LogP contribution is -2.14. The zero-order valence-corrected chi connectivity index (χ0v) is 18.3. The average Bonchev–Trinajstić information content (AvgIpc) is 3.40. The van der Waals surface area contributed by atoms with Gasteiger partial charge in [0.05, 0.1) is 28.5 Å². The highest BCUT2D eigenvalue weighted by atomic mass is 35.5. The summed E-state index contributed by atoms with van der Waals surface area (Å²) in [5, 5.41) is 12.9. The van der Waals surface area contributed by atoms with Crippen LogP contribution in [0.2, 0.25) is 15.1 Å². The fraction of sp³-hybridized carbons (Fsp3) is 0.0952. The van der Waals surface area contributed by atoms with Crippen LogP contribution in [0.5, 0.6) is 5.75 Å². The van der Waals surface area contributed by atoms with Gasteiger partial charge in [0.25, 0.3) is 5.91 Å². The first kappa shape index (κ1) is 21.2. The summed E-state index contributed by atoms with van der Waals surface area (Å²) in [6.07, 6.45) is 4.95. The Hall–Kier alpha value is -3.00. The van der Waals surface area contributed by atoms with Gasteiger partial charge in [-0.1, -0.05) is 40.9 Å². The highest BCUT2D eigenvalue weighted by molar-refractivity contribution is 6.42. The quantitative estimate of drug-likeness (QED) is 0.389. The molecule has 4 aromatic rings. The van der Waals surface area contributed by atoms with Gasteiger partial charge >= 0.3 is 0 Å². The van der Waals surface area contributed by atoms with Gasteiger partial charge in [0, 0.05) is 17.4 Å². The predicted octanol–water partition coefficient (Wildman–Crippen LogP) is 5.38. The summed E-state index contributed by atoms with van der Waals surface area (Å²) in [5.41, 5.74) is 1.75. The second kappa shape index (κ2) is 9.43. The summed E-state index contributed by atoms with van der Waals surface area (Å²) >= 11 is 17.8. The summed E-state index contributed by atoms with van der Waals surface area (Å²) in [7, 11) is 0. The lowest BCUT2D eigenvalue weighted by molar-refractivity contribution is 0.102. The maximum Gasteiger partial charge on any atom is 0.276 e. The van der Waals surface area contributed by atoms with Crippen LogP contribution in [0.15, 0.2) is 67.1 Å². The summed E-state index contributed by atoms with van der Waals surface area (Å²) in [6, 6.07) is 14.0. The molecule has 0 fully saturated rings. The first-order chi connectivity index (χ1) is 15.0. The molecular formula is C21H16Cl3N5O2. The molecule has 2 aromatic carbocycles. The number of carbonyl (C=O) groups excluding carboxylic acids is 1. The number of hydrogen-bond acceptors (Lipinski definition) is 4. The third-order valence-corrected chi connectivity index (χ3v) is 5.26. The second-order valence-corrected chi connectivity index (χ2v) is 7.85. The van der Waals surface area contributed by atoms with E-state index in [1.807, 2.05) is 6.07 Å². The van der Waals surface area contributed by atoms with Gasteiger partial charge in [-0.3, -0.25) is 9.48 Å². The molecule has 7 nitrogen and oxygen atoms in total. The molecule has 2 heterocycles. The van der Waals surface area contributed by atoms with Gasteiger partial charge in [-0.2, -0.15) is 10.2 Å².